The number of anilines is 3. The van der Waals surface area contributed by atoms with Crippen molar-refractivity contribution in [1.82, 2.24) is 20.3 Å². The number of aromatic nitrogens is 3. The summed E-state index contributed by atoms with van der Waals surface area (Å²) in [5.41, 5.74) is 0.628. The summed E-state index contributed by atoms with van der Waals surface area (Å²) in [6.45, 7) is 0.0896. The molecule has 2 unspecified atom stereocenters. The molecular formula is C20H17Cl2FN6O2. The van der Waals surface area contributed by atoms with Crippen LogP contribution in [-0.4, -0.2) is 46.5 Å². The van der Waals surface area contributed by atoms with Crippen molar-refractivity contribution in [2.75, 3.05) is 23.4 Å². The highest BCUT2D eigenvalue weighted by atomic mass is 35.5. The van der Waals surface area contributed by atoms with Crippen molar-refractivity contribution in [2.24, 2.45) is 0 Å². The highest BCUT2D eigenvalue weighted by molar-refractivity contribution is 6.40. The Labute approximate surface area is 187 Å². The largest absolute Gasteiger partial charge is 0.352 e. The number of carbonyl (C=O) groups excluding carboxylic acids is 1. The van der Waals surface area contributed by atoms with E-state index in [0.717, 1.165) is 0 Å². The third-order valence-electron chi connectivity index (χ3n) is 4.49. The maximum absolute atomic E-state index is 13.5. The van der Waals surface area contributed by atoms with Gasteiger partial charge in [-0.1, -0.05) is 29.3 Å². The van der Waals surface area contributed by atoms with Crippen LogP contribution in [0.2, 0.25) is 10.0 Å². The molecule has 1 saturated heterocycles. The van der Waals surface area contributed by atoms with Gasteiger partial charge in [-0.05, 0) is 24.3 Å². The third kappa shape index (κ3) is 4.91. The molecule has 3 heterocycles. The van der Waals surface area contributed by atoms with Crippen molar-refractivity contribution < 1.29 is 13.9 Å². The summed E-state index contributed by atoms with van der Waals surface area (Å²) in [4.78, 5) is 27.0. The summed E-state index contributed by atoms with van der Waals surface area (Å²) in [5.74, 6) is 0.479. The van der Waals surface area contributed by atoms with Crippen LogP contribution in [-0.2, 0) is 4.74 Å². The lowest BCUT2D eigenvalue weighted by atomic mass is 10.2. The van der Waals surface area contributed by atoms with E-state index in [1.54, 1.807) is 47.5 Å². The standard InChI is InChI=1S/C20H17Cl2FN6O2/c21-13-2-1-3-14(22)19(13)20(30)28-12-4-7-25-17(8-12)29(16-5-6-24-11-27-16)18-9-26-15(23)10-31-18/h1-8,11,15,18,26H,9-10H2,(H,25,28,30). The molecule has 160 valence electrons. The maximum Gasteiger partial charge on any atom is 0.258 e. The molecule has 0 saturated carbocycles. The number of rotatable bonds is 5. The Bertz CT molecular complexity index is 1050. The molecule has 3 aromatic rings. The number of ether oxygens (including phenoxy) is 1. The second-order valence-electron chi connectivity index (χ2n) is 6.55. The molecule has 4 rings (SSSR count). The van der Waals surface area contributed by atoms with E-state index in [-0.39, 0.29) is 28.8 Å². The lowest BCUT2D eigenvalue weighted by molar-refractivity contribution is -0.0268. The molecule has 0 spiro atoms. The monoisotopic (exact) mass is 462 g/mol. The first-order valence-electron chi connectivity index (χ1n) is 9.28. The summed E-state index contributed by atoms with van der Waals surface area (Å²) in [6.07, 6.45) is 2.68. The molecule has 11 heteroatoms. The van der Waals surface area contributed by atoms with Crippen molar-refractivity contribution in [3.8, 4) is 0 Å². The first kappa shape index (κ1) is 21.4. The van der Waals surface area contributed by atoms with E-state index in [2.05, 4.69) is 25.6 Å². The number of hydrogen-bond acceptors (Lipinski definition) is 7. The average Bonchev–Trinajstić information content (AvgIpc) is 2.76. The van der Waals surface area contributed by atoms with Gasteiger partial charge in [-0.25, -0.2) is 19.3 Å². The highest BCUT2D eigenvalue weighted by Gasteiger charge is 2.29. The smallest absolute Gasteiger partial charge is 0.258 e. The maximum atomic E-state index is 13.5. The fourth-order valence-corrected chi connectivity index (χ4v) is 3.65. The molecule has 31 heavy (non-hydrogen) atoms. The van der Waals surface area contributed by atoms with Crippen LogP contribution >= 0.6 is 23.2 Å². The van der Waals surface area contributed by atoms with E-state index in [0.29, 0.717) is 17.3 Å². The van der Waals surface area contributed by atoms with E-state index in [1.807, 2.05) is 0 Å². The molecule has 0 radical (unpaired) electrons. The molecule has 1 amide bonds. The van der Waals surface area contributed by atoms with Crippen LogP contribution in [0, 0.1) is 0 Å². The van der Waals surface area contributed by atoms with Gasteiger partial charge < -0.3 is 10.1 Å². The van der Waals surface area contributed by atoms with Gasteiger partial charge in [-0.15, -0.1) is 0 Å². The Balaban J connectivity index is 1.63. The SMILES string of the molecule is O=C(Nc1ccnc(N(c2ccncn2)C2CNC(F)CO2)c1)c1c(Cl)cccc1Cl. The minimum atomic E-state index is -1.25. The average molecular weight is 463 g/mol. The second-order valence-corrected chi connectivity index (χ2v) is 7.37. The Morgan fingerprint density at radius 1 is 1.16 bits per heavy atom. The summed E-state index contributed by atoms with van der Waals surface area (Å²) < 4.78 is 19.1. The fourth-order valence-electron chi connectivity index (χ4n) is 3.08. The topological polar surface area (TPSA) is 92.3 Å². The Morgan fingerprint density at radius 2 is 1.97 bits per heavy atom. The van der Waals surface area contributed by atoms with Crippen LogP contribution in [0.25, 0.3) is 0 Å². The van der Waals surface area contributed by atoms with Crippen molar-refractivity contribution in [3.63, 3.8) is 0 Å². The molecule has 2 N–H and O–H groups in total. The van der Waals surface area contributed by atoms with Gasteiger partial charge >= 0.3 is 0 Å². The molecule has 0 bridgehead atoms. The number of morpholine rings is 1. The molecule has 2 aromatic heterocycles. The Hall–Kier alpha value is -2.85. The van der Waals surface area contributed by atoms with E-state index in [4.69, 9.17) is 27.9 Å². The summed E-state index contributed by atoms with van der Waals surface area (Å²) in [6, 6.07) is 9.79. The van der Waals surface area contributed by atoms with E-state index >= 15 is 0 Å². The van der Waals surface area contributed by atoms with Crippen molar-refractivity contribution in [1.29, 1.82) is 0 Å². The van der Waals surface area contributed by atoms with Crippen molar-refractivity contribution >= 4 is 46.4 Å². The van der Waals surface area contributed by atoms with Gasteiger partial charge in [0.1, 0.15) is 24.2 Å². The second kappa shape index (κ2) is 9.52. The van der Waals surface area contributed by atoms with Gasteiger partial charge in [0.2, 0.25) is 0 Å². The lowest BCUT2D eigenvalue weighted by Gasteiger charge is -2.35. The number of carbonyl (C=O) groups is 1. The first-order valence-corrected chi connectivity index (χ1v) is 10.0. The highest BCUT2D eigenvalue weighted by Crippen LogP contribution is 2.29. The van der Waals surface area contributed by atoms with Crippen molar-refractivity contribution in [3.05, 3.63) is 70.7 Å². The van der Waals surface area contributed by atoms with Gasteiger partial charge in [0.25, 0.3) is 5.91 Å². The molecule has 1 aliphatic heterocycles. The van der Waals surface area contributed by atoms with Crippen molar-refractivity contribution in [2.45, 2.75) is 12.5 Å². The van der Waals surface area contributed by atoms with Gasteiger partial charge in [0.05, 0.1) is 22.2 Å². The van der Waals surface area contributed by atoms with E-state index in [9.17, 15) is 9.18 Å². The molecule has 2 atom stereocenters. The zero-order valence-corrected chi connectivity index (χ0v) is 17.5. The number of alkyl halides is 1. The summed E-state index contributed by atoms with van der Waals surface area (Å²) in [7, 11) is 0. The predicted octanol–water partition coefficient (Wildman–Crippen LogP) is 3.81. The molecule has 1 aromatic carbocycles. The zero-order valence-electron chi connectivity index (χ0n) is 16.0. The van der Waals surface area contributed by atoms with Crippen LogP contribution in [0.3, 0.4) is 0 Å². The minimum absolute atomic E-state index is 0.117. The number of halogens is 3. The minimum Gasteiger partial charge on any atom is -0.352 e. The number of amides is 1. The van der Waals surface area contributed by atoms with Gasteiger partial charge in [0.15, 0.2) is 6.30 Å². The Kier molecular flexibility index (Phi) is 6.57. The Morgan fingerprint density at radius 3 is 2.65 bits per heavy atom. The number of nitrogens with zero attached hydrogens (tertiary/aromatic N) is 4. The van der Waals surface area contributed by atoms with Crippen LogP contribution < -0.4 is 15.5 Å². The first-order chi connectivity index (χ1) is 15.0. The van der Waals surface area contributed by atoms with E-state index in [1.165, 1.54) is 12.5 Å². The third-order valence-corrected chi connectivity index (χ3v) is 5.12. The normalized spacial score (nSPS) is 18.4. The van der Waals surface area contributed by atoms with Gasteiger partial charge in [-0.2, -0.15) is 0 Å². The lowest BCUT2D eigenvalue weighted by Crippen LogP contribution is -2.51. The fraction of sp³-hybridized carbons (Fsp3) is 0.200. The molecule has 1 fully saturated rings. The molecule has 0 aliphatic carbocycles. The predicted molar refractivity (Wildman–Crippen MR) is 115 cm³/mol. The van der Waals surface area contributed by atoms with Crippen LogP contribution in [0.15, 0.2) is 55.1 Å². The summed E-state index contributed by atoms with van der Waals surface area (Å²) >= 11 is 12.3. The van der Waals surface area contributed by atoms with Crippen LogP contribution in [0.5, 0.6) is 0 Å². The number of pyridine rings is 1. The molecule has 1 aliphatic rings. The quantitative estimate of drug-likeness (QED) is 0.556. The van der Waals surface area contributed by atoms with Gasteiger partial charge in [0, 0.05) is 30.7 Å². The number of benzene rings is 1. The molecule has 8 nitrogen and oxygen atoms in total. The summed E-state index contributed by atoms with van der Waals surface area (Å²) in [5, 5.41) is 5.98. The molecular weight excluding hydrogens is 446 g/mol. The number of nitrogens with one attached hydrogen (secondary N) is 2. The zero-order chi connectivity index (χ0) is 21.8. The van der Waals surface area contributed by atoms with Crippen LogP contribution in [0.1, 0.15) is 10.4 Å². The van der Waals surface area contributed by atoms with E-state index < -0.39 is 18.4 Å². The van der Waals surface area contributed by atoms with Crippen LogP contribution in [0.4, 0.5) is 21.7 Å². The number of hydrogen-bond donors (Lipinski definition) is 2. The van der Waals surface area contributed by atoms with Gasteiger partial charge in [-0.3, -0.25) is 15.0 Å².